The maximum absolute atomic E-state index is 13.5. The number of benzene rings is 2. The molecule has 0 saturated carbocycles. The van der Waals surface area contributed by atoms with Crippen molar-refractivity contribution in [2.75, 3.05) is 7.05 Å². The molecule has 2 aromatic rings. The van der Waals surface area contributed by atoms with Crippen molar-refractivity contribution in [3.05, 3.63) is 71.8 Å². The third kappa shape index (κ3) is 3.36. The molecule has 0 unspecified atom stereocenters. The summed E-state index contributed by atoms with van der Waals surface area (Å²) in [5.41, 5.74) is 1.36. The molecular weight excluding hydrogens is 324 g/mol. The topological polar surface area (TPSA) is 40.6 Å². The molecule has 0 N–H and O–H groups in total. The molecule has 2 atom stereocenters. The van der Waals surface area contributed by atoms with E-state index in [0.29, 0.717) is 12.0 Å². The Morgan fingerprint density at radius 3 is 2.04 bits per heavy atom. The summed E-state index contributed by atoms with van der Waals surface area (Å²) in [5, 5.41) is 0. The second kappa shape index (κ2) is 6.94. The average molecular weight is 350 g/mol. The van der Waals surface area contributed by atoms with Crippen LogP contribution in [0.1, 0.15) is 49.2 Å². The quantitative estimate of drug-likeness (QED) is 0.818. The van der Waals surface area contributed by atoms with Gasteiger partial charge in [-0.25, -0.2) is 0 Å². The van der Waals surface area contributed by atoms with Gasteiger partial charge in [-0.3, -0.25) is 9.59 Å². The van der Waals surface area contributed by atoms with E-state index in [1.165, 1.54) is 0 Å². The third-order valence-electron chi connectivity index (χ3n) is 4.94. The molecule has 0 aliphatic carbocycles. The van der Waals surface area contributed by atoms with Crippen LogP contribution in [0.4, 0.5) is 0 Å². The van der Waals surface area contributed by atoms with Gasteiger partial charge in [0.1, 0.15) is 6.17 Å². The van der Waals surface area contributed by atoms with Crippen LogP contribution in [-0.4, -0.2) is 34.8 Å². The molecular formula is C22H26N2O2. The van der Waals surface area contributed by atoms with E-state index in [1.807, 2.05) is 65.6 Å². The number of hydrogen-bond acceptors (Lipinski definition) is 2. The Hall–Kier alpha value is -2.62. The first kappa shape index (κ1) is 18.2. The van der Waals surface area contributed by atoms with E-state index in [0.717, 1.165) is 5.56 Å². The van der Waals surface area contributed by atoms with Crippen molar-refractivity contribution in [3.63, 3.8) is 0 Å². The van der Waals surface area contributed by atoms with Crippen LogP contribution < -0.4 is 0 Å². The smallest absolute Gasteiger partial charge is 0.256 e. The van der Waals surface area contributed by atoms with Gasteiger partial charge in [-0.15, -0.1) is 0 Å². The van der Waals surface area contributed by atoms with E-state index in [9.17, 15) is 9.59 Å². The first-order valence-corrected chi connectivity index (χ1v) is 8.99. The van der Waals surface area contributed by atoms with E-state index in [4.69, 9.17) is 0 Å². The second-order valence-electron chi connectivity index (χ2n) is 7.95. The van der Waals surface area contributed by atoms with Crippen LogP contribution in [0.3, 0.4) is 0 Å². The molecule has 1 saturated heterocycles. The van der Waals surface area contributed by atoms with Crippen molar-refractivity contribution in [1.82, 2.24) is 9.80 Å². The van der Waals surface area contributed by atoms with Crippen LogP contribution in [0.25, 0.3) is 0 Å². The first-order chi connectivity index (χ1) is 12.3. The first-order valence-electron chi connectivity index (χ1n) is 8.99. The van der Waals surface area contributed by atoms with Crippen molar-refractivity contribution < 1.29 is 9.59 Å². The highest BCUT2D eigenvalue weighted by Crippen LogP contribution is 2.40. The number of nitrogens with zero attached hydrogens (tertiary/aromatic N) is 2. The Labute approximate surface area is 155 Å². The fraction of sp³-hybridized carbons (Fsp3) is 0.364. The standard InChI is InChI=1S/C22H26N2O2/c1-22(2,3)21-23(4)19(25)15-18(16-11-7-5-8-12-16)24(21)20(26)17-13-9-6-10-14-17/h5-14,18,21H,15H2,1-4H3/t18-,21-/m1/s1. The summed E-state index contributed by atoms with van der Waals surface area (Å²) in [6.45, 7) is 6.21. The largest absolute Gasteiger partial charge is 0.325 e. The summed E-state index contributed by atoms with van der Waals surface area (Å²) >= 11 is 0. The number of amides is 2. The molecule has 3 rings (SSSR count). The molecule has 0 spiro atoms. The van der Waals surface area contributed by atoms with Crippen molar-refractivity contribution in [2.24, 2.45) is 5.41 Å². The van der Waals surface area contributed by atoms with Gasteiger partial charge in [-0.1, -0.05) is 69.3 Å². The summed E-state index contributed by atoms with van der Waals surface area (Å²) in [5.74, 6) is 0.0228. The summed E-state index contributed by atoms with van der Waals surface area (Å²) in [4.78, 5) is 29.8. The molecule has 1 heterocycles. The van der Waals surface area contributed by atoms with Crippen molar-refractivity contribution >= 4 is 11.8 Å². The molecule has 1 aliphatic heterocycles. The minimum atomic E-state index is -0.318. The highest BCUT2D eigenvalue weighted by molar-refractivity contribution is 5.96. The normalized spacial score (nSPS) is 21.0. The summed E-state index contributed by atoms with van der Waals surface area (Å²) in [7, 11) is 1.80. The summed E-state index contributed by atoms with van der Waals surface area (Å²) in [6.07, 6.45) is -0.0206. The predicted octanol–water partition coefficient (Wildman–Crippen LogP) is 4.10. The van der Waals surface area contributed by atoms with Crippen LogP contribution >= 0.6 is 0 Å². The monoisotopic (exact) mass is 350 g/mol. The Morgan fingerprint density at radius 2 is 1.50 bits per heavy atom. The SMILES string of the molecule is CN1C(=O)C[C@H](c2ccccc2)N(C(=O)c2ccccc2)[C@@H]1C(C)(C)C. The fourth-order valence-electron chi connectivity index (χ4n) is 3.84. The van der Waals surface area contributed by atoms with E-state index in [2.05, 4.69) is 20.8 Å². The van der Waals surface area contributed by atoms with Gasteiger partial charge >= 0.3 is 0 Å². The van der Waals surface area contributed by atoms with Gasteiger partial charge in [0.2, 0.25) is 5.91 Å². The van der Waals surface area contributed by atoms with Gasteiger partial charge in [-0.2, -0.15) is 0 Å². The lowest BCUT2D eigenvalue weighted by Gasteiger charge is -2.52. The number of rotatable bonds is 2. The van der Waals surface area contributed by atoms with Crippen molar-refractivity contribution in [1.29, 1.82) is 0 Å². The molecule has 1 fully saturated rings. The van der Waals surface area contributed by atoms with Gasteiger partial charge in [0, 0.05) is 18.0 Å². The fourth-order valence-corrected chi connectivity index (χ4v) is 3.84. The van der Waals surface area contributed by atoms with Gasteiger partial charge in [0.05, 0.1) is 12.5 Å². The van der Waals surface area contributed by atoms with Crippen LogP contribution in [-0.2, 0) is 4.79 Å². The van der Waals surface area contributed by atoms with E-state index in [-0.39, 0.29) is 29.4 Å². The Balaban J connectivity index is 2.12. The lowest BCUT2D eigenvalue weighted by Crippen LogP contribution is -2.62. The van der Waals surface area contributed by atoms with E-state index < -0.39 is 0 Å². The van der Waals surface area contributed by atoms with Gasteiger partial charge in [0.15, 0.2) is 0 Å². The van der Waals surface area contributed by atoms with Crippen molar-refractivity contribution in [3.8, 4) is 0 Å². The molecule has 2 aromatic carbocycles. The maximum atomic E-state index is 13.5. The van der Waals surface area contributed by atoms with Gasteiger partial charge in [-0.05, 0) is 17.7 Å². The Bertz CT molecular complexity index is 781. The Morgan fingerprint density at radius 1 is 0.962 bits per heavy atom. The molecule has 1 aliphatic rings. The molecule has 2 amide bonds. The van der Waals surface area contributed by atoms with E-state index in [1.54, 1.807) is 11.9 Å². The summed E-state index contributed by atoms with van der Waals surface area (Å²) in [6, 6.07) is 18.9. The molecule has 4 heteroatoms. The van der Waals surface area contributed by atoms with Crippen LogP contribution in [0.15, 0.2) is 60.7 Å². The number of carbonyl (C=O) groups is 2. The maximum Gasteiger partial charge on any atom is 0.256 e. The molecule has 0 aromatic heterocycles. The Kier molecular flexibility index (Phi) is 4.86. The third-order valence-corrected chi connectivity index (χ3v) is 4.94. The van der Waals surface area contributed by atoms with Crippen molar-refractivity contribution in [2.45, 2.75) is 39.4 Å². The zero-order chi connectivity index (χ0) is 18.9. The molecule has 0 radical (unpaired) electrons. The minimum Gasteiger partial charge on any atom is -0.325 e. The molecule has 0 bridgehead atoms. The lowest BCUT2D eigenvalue weighted by atomic mass is 9.85. The lowest BCUT2D eigenvalue weighted by molar-refractivity contribution is -0.150. The highest BCUT2D eigenvalue weighted by atomic mass is 16.2. The molecule has 4 nitrogen and oxygen atoms in total. The number of carbonyl (C=O) groups excluding carboxylic acids is 2. The number of hydrogen-bond donors (Lipinski definition) is 0. The van der Waals surface area contributed by atoms with Crippen LogP contribution in [0.2, 0.25) is 0 Å². The van der Waals surface area contributed by atoms with Gasteiger partial charge < -0.3 is 9.80 Å². The van der Waals surface area contributed by atoms with Crippen LogP contribution in [0, 0.1) is 5.41 Å². The average Bonchev–Trinajstić information content (AvgIpc) is 2.63. The zero-order valence-corrected chi connectivity index (χ0v) is 15.8. The highest BCUT2D eigenvalue weighted by Gasteiger charge is 2.46. The van der Waals surface area contributed by atoms with E-state index >= 15 is 0 Å². The summed E-state index contributed by atoms with van der Waals surface area (Å²) < 4.78 is 0. The van der Waals surface area contributed by atoms with Crippen LogP contribution in [0.5, 0.6) is 0 Å². The second-order valence-corrected chi connectivity index (χ2v) is 7.95. The predicted molar refractivity (Wildman–Crippen MR) is 102 cm³/mol. The zero-order valence-electron chi connectivity index (χ0n) is 15.8. The van der Waals surface area contributed by atoms with Gasteiger partial charge in [0.25, 0.3) is 5.91 Å². The molecule has 26 heavy (non-hydrogen) atoms. The minimum absolute atomic E-state index is 0.0428. The molecule has 136 valence electrons.